The van der Waals surface area contributed by atoms with E-state index in [-0.39, 0.29) is 5.75 Å². The molecule has 96 valence electrons. The third kappa shape index (κ3) is 4.73. The van der Waals surface area contributed by atoms with Crippen LogP contribution in [0.1, 0.15) is 6.42 Å². The molecule has 1 N–H and O–H groups in total. The molecule has 0 radical (unpaired) electrons. The highest BCUT2D eigenvalue weighted by Gasteiger charge is 2.10. The summed E-state index contributed by atoms with van der Waals surface area (Å²) < 4.78 is 31.4. The molecule has 4 nitrogen and oxygen atoms in total. The van der Waals surface area contributed by atoms with Gasteiger partial charge >= 0.3 is 0 Å². The van der Waals surface area contributed by atoms with Gasteiger partial charge in [-0.15, -0.1) is 11.6 Å². The maximum absolute atomic E-state index is 11.6. The zero-order valence-electron chi connectivity index (χ0n) is 9.24. The van der Waals surface area contributed by atoms with E-state index in [2.05, 4.69) is 20.7 Å². The van der Waals surface area contributed by atoms with Crippen LogP contribution in [0.15, 0.2) is 22.7 Å². The minimum atomic E-state index is -3.33. The number of ether oxygens (including phenoxy) is 1. The van der Waals surface area contributed by atoms with Gasteiger partial charge in [0.15, 0.2) is 0 Å². The van der Waals surface area contributed by atoms with Gasteiger partial charge < -0.3 is 4.74 Å². The van der Waals surface area contributed by atoms with Crippen LogP contribution in [-0.4, -0.2) is 27.2 Å². The van der Waals surface area contributed by atoms with Crippen LogP contribution in [0.25, 0.3) is 0 Å². The number of alkyl halides is 1. The van der Waals surface area contributed by atoms with Gasteiger partial charge in [0.05, 0.1) is 17.3 Å². The Hall–Kier alpha value is -0.460. The number of methoxy groups -OCH3 is 1. The number of benzene rings is 1. The zero-order valence-corrected chi connectivity index (χ0v) is 12.4. The van der Waals surface area contributed by atoms with Crippen LogP contribution in [0, 0.1) is 0 Å². The van der Waals surface area contributed by atoms with Crippen LogP contribution in [0.4, 0.5) is 5.69 Å². The Morgan fingerprint density at radius 2 is 2.18 bits per heavy atom. The minimum Gasteiger partial charge on any atom is -0.496 e. The Bertz CT molecular complexity index is 478. The van der Waals surface area contributed by atoms with Crippen molar-refractivity contribution in [3.05, 3.63) is 22.7 Å². The van der Waals surface area contributed by atoms with Gasteiger partial charge in [-0.3, -0.25) is 4.72 Å². The molecule has 0 unspecified atom stereocenters. The molecular weight excluding hydrogens is 330 g/mol. The molecule has 0 heterocycles. The Kier molecular flexibility index (Phi) is 5.55. The number of nitrogens with one attached hydrogen (secondary N) is 1. The molecule has 1 rings (SSSR count). The van der Waals surface area contributed by atoms with Crippen molar-refractivity contribution in [1.82, 2.24) is 0 Å². The molecule has 0 aliphatic heterocycles. The highest BCUT2D eigenvalue weighted by Crippen LogP contribution is 2.28. The first-order valence-electron chi connectivity index (χ1n) is 4.88. The second kappa shape index (κ2) is 6.47. The SMILES string of the molecule is COc1ccc(NS(=O)(=O)CCCCl)cc1Br. The average Bonchev–Trinajstić information content (AvgIpc) is 2.26. The van der Waals surface area contributed by atoms with E-state index in [0.717, 1.165) is 0 Å². The molecule has 17 heavy (non-hydrogen) atoms. The predicted molar refractivity (Wildman–Crippen MR) is 73.4 cm³/mol. The Balaban J connectivity index is 2.78. The van der Waals surface area contributed by atoms with Crippen molar-refractivity contribution < 1.29 is 13.2 Å². The monoisotopic (exact) mass is 341 g/mol. The summed E-state index contributed by atoms with van der Waals surface area (Å²) in [6, 6.07) is 4.97. The van der Waals surface area contributed by atoms with E-state index in [0.29, 0.717) is 28.2 Å². The molecule has 0 bridgehead atoms. The maximum atomic E-state index is 11.6. The molecule has 1 aromatic carbocycles. The van der Waals surface area contributed by atoms with Crippen LogP contribution >= 0.6 is 27.5 Å². The second-order valence-corrected chi connectivity index (χ2v) is 6.39. The summed E-state index contributed by atoms with van der Waals surface area (Å²) in [7, 11) is -1.78. The fraction of sp³-hybridized carbons (Fsp3) is 0.400. The molecule has 0 fully saturated rings. The lowest BCUT2D eigenvalue weighted by Crippen LogP contribution is -2.16. The lowest BCUT2D eigenvalue weighted by molar-refractivity contribution is 0.412. The van der Waals surface area contributed by atoms with Crippen LogP contribution in [0.2, 0.25) is 0 Å². The fourth-order valence-electron chi connectivity index (χ4n) is 1.21. The third-order valence-corrected chi connectivity index (χ3v) is 4.23. The highest BCUT2D eigenvalue weighted by atomic mass is 79.9. The van der Waals surface area contributed by atoms with E-state index in [1.165, 1.54) is 0 Å². The number of hydrogen-bond acceptors (Lipinski definition) is 3. The molecule has 0 aromatic heterocycles. The van der Waals surface area contributed by atoms with E-state index < -0.39 is 10.0 Å². The molecule has 0 saturated carbocycles. The van der Waals surface area contributed by atoms with Gasteiger partial charge in [0.2, 0.25) is 10.0 Å². The van der Waals surface area contributed by atoms with E-state index in [9.17, 15) is 8.42 Å². The minimum absolute atomic E-state index is 0.0140. The lowest BCUT2D eigenvalue weighted by atomic mass is 10.3. The molecule has 0 saturated heterocycles. The Morgan fingerprint density at radius 1 is 1.47 bits per heavy atom. The van der Waals surface area contributed by atoms with Gasteiger partial charge in [0, 0.05) is 11.6 Å². The summed E-state index contributed by atoms with van der Waals surface area (Å²) in [6.45, 7) is 0. The predicted octanol–water partition coefficient (Wildman–Crippen LogP) is 2.83. The molecule has 1 aromatic rings. The van der Waals surface area contributed by atoms with E-state index in [4.69, 9.17) is 16.3 Å². The highest BCUT2D eigenvalue weighted by molar-refractivity contribution is 9.10. The summed E-state index contributed by atoms with van der Waals surface area (Å²) in [6.07, 6.45) is 0.425. The van der Waals surface area contributed by atoms with E-state index >= 15 is 0 Å². The summed E-state index contributed by atoms with van der Waals surface area (Å²) >= 11 is 8.75. The summed E-state index contributed by atoms with van der Waals surface area (Å²) in [5.41, 5.74) is 0.493. The fourth-order valence-corrected chi connectivity index (χ4v) is 3.15. The van der Waals surface area contributed by atoms with Gasteiger partial charge in [0.1, 0.15) is 5.75 Å². The number of sulfonamides is 1. The Morgan fingerprint density at radius 3 is 2.71 bits per heavy atom. The number of rotatable bonds is 6. The molecule has 0 spiro atoms. The maximum Gasteiger partial charge on any atom is 0.232 e. The van der Waals surface area contributed by atoms with Gasteiger partial charge in [-0.05, 0) is 40.5 Å². The molecule has 0 aliphatic carbocycles. The first-order valence-corrected chi connectivity index (χ1v) is 7.86. The van der Waals surface area contributed by atoms with Crippen molar-refractivity contribution in [2.24, 2.45) is 0 Å². The zero-order chi connectivity index (χ0) is 12.9. The van der Waals surface area contributed by atoms with Gasteiger partial charge in [-0.2, -0.15) is 0 Å². The van der Waals surface area contributed by atoms with Crippen LogP contribution in [0.3, 0.4) is 0 Å². The van der Waals surface area contributed by atoms with E-state index in [1.807, 2.05) is 0 Å². The third-order valence-electron chi connectivity index (χ3n) is 1.97. The van der Waals surface area contributed by atoms with E-state index in [1.54, 1.807) is 25.3 Å². The number of anilines is 1. The summed E-state index contributed by atoms with van der Waals surface area (Å²) in [5, 5.41) is 0. The average molecular weight is 343 g/mol. The largest absolute Gasteiger partial charge is 0.496 e. The molecule has 0 amide bonds. The summed E-state index contributed by atoms with van der Waals surface area (Å²) in [5.74, 6) is 0.988. The smallest absolute Gasteiger partial charge is 0.232 e. The van der Waals surface area contributed by atoms with Gasteiger partial charge in [-0.1, -0.05) is 0 Å². The van der Waals surface area contributed by atoms with Crippen LogP contribution in [-0.2, 0) is 10.0 Å². The standard InChI is InChI=1S/C10H13BrClNO3S/c1-16-10-4-3-8(7-9(10)11)13-17(14,15)6-2-5-12/h3-4,7,13H,2,5-6H2,1H3. The van der Waals surface area contributed by atoms with Crippen molar-refractivity contribution in [3.8, 4) is 5.75 Å². The van der Waals surface area contributed by atoms with Crippen LogP contribution in [0.5, 0.6) is 5.75 Å². The molecule has 7 heteroatoms. The topological polar surface area (TPSA) is 55.4 Å². The number of hydrogen-bond donors (Lipinski definition) is 1. The Labute approximate surface area is 114 Å². The summed E-state index contributed by atoms with van der Waals surface area (Å²) in [4.78, 5) is 0. The van der Waals surface area contributed by atoms with Crippen molar-refractivity contribution >= 4 is 43.2 Å². The first-order chi connectivity index (χ1) is 7.98. The second-order valence-electron chi connectivity index (χ2n) is 3.31. The molecule has 0 aliphatic rings. The lowest BCUT2D eigenvalue weighted by Gasteiger charge is -2.09. The van der Waals surface area contributed by atoms with Crippen molar-refractivity contribution in [2.45, 2.75) is 6.42 Å². The first kappa shape index (κ1) is 14.6. The quantitative estimate of drug-likeness (QED) is 0.809. The van der Waals surface area contributed by atoms with Crippen LogP contribution < -0.4 is 9.46 Å². The van der Waals surface area contributed by atoms with Crippen molar-refractivity contribution in [2.75, 3.05) is 23.5 Å². The number of halogens is 2. The van der Waals surface area contributed by atoms with Gasteiger partial charge in [-0.25, -0.2) is 8.42 Å². The molecular formula is C10H13BrClNO3S. The van der Waals surface area contributed by atoms with Gasteiger partial charge in [0.25, 0.3) is 0 Å². The normalized spacial score (nSPS) is 11.2. The molecule has 0 atom stereocenters. The van der Waals surface area contributed by atoms with Crippen molar-refractivity contribution in [1.29, 1.82) is 0 Å². The van der Waals surface area contributed by atoms with Crippen molar-refractivity contribution in [3.63, 3.8) is 0 Å².